The first-order chi connectivity index (χ1) is 14.8. The Hall–Kier alpha value is -2.61. The van der Waals surface area contributed by atoms with Gasteiger partial charge in [0.15, 0.2) is 0 Å². The molecule has 1 aromatic heterocycles. The van der Waals surface area contributed by atoms with E-state index < -0.39 is 42.6 Å². The van der Waals surface area contributed by atoms with Crippen LogP contribution in [0.1, 0.15) is 52.1 Å². The number of carbonyl (C=O) groups excluding carboxylic acids is 2. The molecule has 1 atom stereocenters. The summed E-state index contributed by atoms with van der Waals surface area (Å²) in [4.78, 5) is 29.2. The molecule has 170 valence electrons. The van der Waals surface area contributed by atoms with Gasteiger partial charge in [0.05, 0.1) is 18.1 Å². The van der Waals surface area contributed by atoms with Gasteiger partial charge in [0.25, 0.3) is 5.92 Å². The highest BCUT2D eigenvalue weighted by molar-refractivity contribution is 6.31. The van der Waals surface area contributed by atoms with E-state index in [0.717, 1.165) is 17.2 Å². The van der Waals surface area contributed by atoms with Gasteiger partial charge >= 0.3 is 0 Å². The van der Waals surface area contributed by atoms with Crippen LogP contribution in [-0.4, -0.2) is 29.3 Å². The molecule has 9 heteroatoms. The Morgan fingerprint density at radius 3 is 2.35 bits per heavy atom. The Bertz CT molecular complexity index is 859. The number of carbonyl (C=O) groups is 2. The molecule has 2 amide bonds. The van der Waals surface area contributed by atoms with Gasteiger partial charge in [-0.05, 0) is 6.07 Å². The minimum atomic E-state index is -2.81. The van der Waals surface area contributed by atoms with Crippen LogP contribution in [0.25, 0.3) is 0 Å². The minimum absolute atomic E-state index is 0.0315. The van der Waals surface area contributed by atoms with Gasteiger partial charge in [0.2, 0.25) is 12.3 Å². The number of nitrogens with one attached hydrogen (secondary N) is 1. The molecule has 0 saturated heterocycles. The van der Waals surface area contributed by atoms with Crippen molar-refractivity contribution < 1.29 is 22.8 Å². The van der Waals surface area contributed by atoms with Crippen molar-refractivity contribution >= 4 is 29.6 Å². The fourth-order valence-corrected chi connectivity index (χ4v) is 3.21. The van der Waals surface area contributed by atoms with E-state index in [4.69, 9.17) is 11.6 Å². The van der Waals surface area contributed by atoms with Gasteiger partial charge in [0.1, 0.15) is 11.9 Å². The van der Waals surface area contributed by atoms with E-state index in [-0.39, 0.29) is 16.3 Å². The van der Waals surface area contributed by atoms with Crippen LogP contribution in [0.5, 0.6) is 0 Å². The van der Waals surface area contributed by atoms with Crippen molar-refractivity contribution in [2.24, 2.45) is 0 Å². The fraction of sp³-hybridized carbons (Fsp3) is 0.409. The number of hydrogen-bond donors (Lipinski definition) is 1. The summed E-state index contributed by atoms with van der Waals surface area (Å²) in [5.74, 6) is -4.20. The van der Waals surface area contributed by atoms with Crippen molar-refractivity contribution in [1.29, 1.82) is 0 Å². The average Bonchev–Trinajstić information content (AvgIpc) is 2.74. The molecule has 1 N–H and O–H groups in total. The van der Waals surface area contributed by atoms with Crippen molar-refractivity contribution in [3.8, 4) is 0 Å². The number of aromatic nitrogens is 1. The van der Waals surface area contributed by atoms with E-state index in [9.17, 15) is 22.8 Å². The maximum Gasteiger partial charge on any atom is 0.252 e. The van der Waals surface area contributed by atoms with E-state index in [0.29, 0.717) is 6.41 Å². The SMILES string of the molecule is CC.CC.O=CN(c1cncc(F)c1)[C@H](C(=O)NC1CC(F)(F)C1)c1ccccc1Cl. The first-order valence-electron chi connectivity index (χ1n) is 10.1. The summed E-state index contributed by atoms with van der Waals surface area (Å²) >= 11 is 6.18. The Labute approximate surface area is 185 Å². The second-order valence-corrected chi connectivity index (χ2v) is 6.67. The summed E-state index contributed by atoms with van der Waals surface area (Å²) in [5.41, 5.74) is 0.308. The van der Waals surface area contributed by atoms with Crippen LogP contribution in [0.4, 0.5) is 18.9 Å². The van der Waals surface area contributed by atoms with Crippen molar-refractivity contribution in [2.75, 3.05) is 4.90 Å². The highest BCUT2D eigenvalue weighted by atomic mass is 35.5. The van der Waals surface area contributed by atoms with Crippen LogP contribution in [-0.2, 0) is 9.59 Å². The maximum atomic E-state index is 13.6. The molecule has 1 fully saturated rings. The Morgan fingerprint density at radius 2 is 1.84 bits per heavy atom. The van der Waals surface area contributed by atoms with Gasteiger partial charge in [0, 0.05) is 35.5 Å². The molecular weight excluding hydrogens is 431 g/mol. The predicted molar refractivity (Wildman–Crippen MR) is 116 cm³/mol. The van der Waals surface area contributed by atoms with E-state index in [1.54, 1.807) is 12.1 Å². The van der Waals surface area contributed by atoms with Gasteiger partial charge in [-0.2, -0.15) is 0 Å². The van der Waals surface area contributed by atoms with Gasteiger partial charge in [-0.3, -0.25) is 19.5 Å². The first kappa shape index (κ1) is 26.4. The molecule has 0 bridgehead atoms. The third kappa shape index (κ3) is 6.95. The lowest BCUT2D eigenvalue weighted by atomic mass is 9.88. The van der Waals surface area contributed by atoms with E-state index in [2.05, 4.69) is 10.3 Å². The quantitative estimate of drug-likeness (QED) is 0.579. The lowest BCUT2D eigenvalue weighted by molar-refractivity contribution is -0.131. The van der Waals surface area contributed by atoms with Crippen LogP contribution < -0.4 is 10.2 Å². The molecule has 2 aromatic rings. The molecule has 1 heterocycles. The highest BCUT2D eigenvalue weighted by Gasteiger charge is 2.47. The zero-order chi connectivity index (χ0) is 23.6. The lowest BCUT2D eigenvalue weighted by Crippen LogP contribution is -2.53. The number of nitrogens with zero attached hydrogens (tertiary/aromatic N) is 2. The predicted octanol–water partition coefficient (Wildman–Crippen LogP) is 5.54. The number of halogens is 4. The summed E-state index contributed by atoms with van der Waals surface area (Å²) in [5, 5.41) is 2.71. The van der Waals surface area contributed by atoms with E-state index in [1.165, 1.54) is 18.3 Å². The van der Waals surface area contributed by atoms with Crippen molar-refractivity contribution in [1.82, 2.24) is 10.3 Å². The maximum absolute atomic E-state index is 13.6. The van der Waals surface area contributed by atoms with Gasteiger partial charge in [-0.15, -0.1) is 0 Å². The monoisotopic (exact) mass is 457 g/mol. The first-order valence-corrected chi connectivity index (χ1v) is 10.5. The Kier molecular flexibility index (Phi) is 10.5. The van der Waals surface area contributed by atoms with Crippen LogP contribution in [0.15, 0.2) is 42.7 Å². The van der Waals surface area contributed by atoms with E-state index in [1.807, 2.05) is 27.7 Å². The summed E-state index contributed by atoms with van der Waals surface area (Å²) in [6, 6.07) is 5.38. The number of alkyl halides is 2. The second-order valence-electron chi connectivity index (χ2n) is 6.27. The second kappa shape index (κ2) is 12.3. The molecule has 0 aliphatic heterocycles. The molecule has 0 radical (unpaired) electrons. The number of rotatable bonds is 6. The number of pyridine rings is 1. The van der Waals surface area contributed by atoms with Crippen LogP contribution >= 0.6 is 11.6 Å². The summed E-state index contributed by atoms with van der Waals surface area (Å²) < 4.78 is 39.7. The zero-order valence-corrected chi connectivity index (χ0v) is 18.7. The van der Waals surface area contributed by atoms with Crippen LogP contribution in [0.3, 0.4) is 0 Å². The number of amides is 2. The van der Waals surface area contributed by atoms with Gasteiger partial charge in [-0.25, -0.2) is 13.2 Å². The lowest BCUT2D eigenvalue weighted by Gasteiger charge is -2.37. The molecule has 3 rings (SSSR count). The third-order valence-electron chi connectivity index (χ3n) is 4.26. The molecule has 1 aliphatic rings. The minimum Gasteiger partial charge on any atom is -0.351 e. The molecule has 1 aromatic carbocycles. The third-order valence-corrected chi connectivity index (χ3v) is 4.61. The number of hydrogen-bond acceptors (Lipinski definition) is 3. The molecule has 0 unspecified atom stereocenters. The normalized spacial score (nSPS) is 15.1. The molecule has 5 nitrogen and oxygen atoms in total. The fourth-order valence-electron chi connectivity index (χ4n) is 2.97. The van der Waals surface area contributed by atoms with Gasteiger partial charge < -0.3 is 5.32 Å². The van der Waals surface area contributed by atoms with Gasteiger partial charge in [-0.1, -0.05) is 57.5 Å². The number of benzene rings is 1. The zero-order valence-electron chi connectivity index (χ0n) is 17.9. The van der Waals surface area contributed by atoms with Crippen LogP contribution in [0, 0.1) is 5.82 Å². The standard InChI is InChI=1S/C18H15ClF3N3O2.2C2H6/c19-15-4-2-1-3-14(15)16(17(27)24-12-6-18(21,22)7-12)25(10-26)13-5-11(20)8-23-9-13;2*1-2/h1-5,8-10,12,16H,6-7H2,(H,24,27);2*1-2H3/t16-;;/m0../s1. The summed E-state index contributed by atoms with van der Waals surface area (Å²) in [7, 11) is 0. The number of anilines is 1. The van der Waals surface area contributed by atoms with Crippen molar-refractivity contribution in [3.63, 3.8) is 0 Å². The van der Waals surface area contributed by atoms with E-state index >= 15 is 0 Å². The van der Waals surface area contributed by atoms with Crippen LogP contribution in [0.2, 0.25) is 5.02 Å². The largest absolute Gasteiger partial charge is 0.351 e. The Morgan fingerprint density at radius 1 is 1.23 bits per heavy atom. The van der Waals surface area contributed by atoms with Crippen molar-refractivity contribution in [3.05, 3.63) is 59.1 Å². The molecular formula is C22H27ClF3N3O2. The molecule has 1 saturated carbocycles. The topological polar surface area (TPSA) is 62.3 Å². The summed E-state index contributed by atoms with van der Waals surface area (Å²) in [6.07, 6.45) is 1.56. The smallest absolute Gasteiger partial charge is 0.252 e. The highest BCUT2D eigenvalue weighted by Crippen LogP contribution is 2.38. The molecule has 0 spiro atoms. The molecule has 31 heavy (non-hydrogen) atoms. The van der Waals surface area contributed by atoms with Crippen molar-refractivity contribution in [2.45, 2.75) is 58.5 Å². The molecule has 1 aliphatic carbocycles. The average molecular weight is 458 g/mol. The Balaban J connectivity index is 0.00000113. The summed E-state index contributed by atoms with van der Waals surface area (Å²) in [6.45, 7) is 8.00.